The maximum absolute atomic E-state index is 3.80. The predicted molar refractivity (Wildman–Crippen MR) is 58.4 cm³/mol. The van der Waals surface area contributed by atoms with Crippen molar-refractivity contribution in [2.24, 2.45) is 0 Å². The third kappa shape index (κ3) is 1.46. The van der Waals surface area contributed by atoms with Crippen molar-refractivity contribution in [3.8, 4) is 0 Å². The lowest BCUT2D eigenvalue weighted by molar-refractivity contribution is 1.27. The highest BCUT2D eigenvalue weighted by Crippen LogP contribution is 2.27. The largest absolute Gasteiger partial charge is 0.0984 e. The zero-order chi connectivity index (χ0) is 9.30. The Morgan fingerprint density at radius 1 is 1.25 bits per heavy atom. The van der Waals surface area contributed by atoms with Crippen molar-refractivity contribution in [1.29, 1.82) is 0 Å². The highest BCUT2D eigenvalue weighted by molar-refractivity contribution is 9.10. The molecule has 1 heteroatoms. The maximum atomic E-state index is 3.80. The minimum absolute atomic E-state index is 1.20. The quantitative estimate of drug-likeness (QED) is 0.677. The molecule has 0 bridgehead atoms. The first-order valence-corrected chi connectivity index (χ1v) is 4.76. The Morgan fingerprint density at radius 3 is 2.33 bits per heavy atom. The summed E-state index contributed by atoms with van der Waals surface area (Å²) < 4.78 is 1.20. The minimum Gasteiger partial charge on any atom is -0.0984 e. The molecule has 0 heterocycles. The molecule has 0 N–H and O–H groups in total. The van der Waals surface area contributed by atoms with E-state index in [1.807, 2.05) is 6.08 Å². The Morgan fingerprint density at radius 2 is 1.83 bits per heavy atom. The number of hydrogen-bond acceptors (Lipinski definition) is 0. The first kappa shape index (κ1) is 9.53. The molecule has 0 saturated heterocycles. The molecular weight excluding hydrogens is 212 g/mol. The van der Waals surface area contributed by atoms with Crippen LogP contribution in [0.15, 0.2) is 17.1 Å². The molecule has 0 fully saturated rings. The normalized spacial score (nSPS) is 10.0. The molecule has 0 amide bonds. The highest BCUT2D eigenvalue weighted by Gasteiger charge is 2.05. The molecule has 0 radical (unpaired) electrons. The Kier molecular flexibility index (Phi) is 2.73. The fourth-order valence-corrected chi connectivity index (χ4v) is 1.82. The summed E-state index contributed by atoms with van der Waals surface area (Å²) in [6.45, 7) is 10.1. The molecule has 0 saturated carbocycles. The average molecular weight is 225 g/mol. The van der Waals surface area contributed by atoms with Crippen molar-refractivity contribution in [3.63, 3.8) is 0 Å². The van der Waals surface area contributed by atoms with E-state index in [0.29, 0.717) is 0 Å². The fourth-order valence-electron chi connectivity index (χ4n) is 1.49. The van der Waals surface area contributed by atoms with Crippen molar-refractivity contribution in [2.75, 3.05) is 0 Å². The van der Waals surface area contributed by atoms with Crippen molar-refractivity contribution < 1.29 is 0 Å². The summed E-state index contributed by atoms with van der Waals surface area (Å²) >= 11 is 3.56. The SMILES string of the molecule is C=Cc1c(C)cc(C)c(Br)c1C. The lowest BCUT2D eigenvalue weighted by Crippen LogP contribution is -1.90. The van der Waals surface area contributed by atoms with Gasteiger partial charge in [-0.2, -0.15) is 0 Å². The third-order valence-electron chi connectivity index (χ3n) is 2.14. The highest BCUT2D eigenvalue weighted by atomic mass is 79.9. The van der Waals surface area contributed by atoms with E-state index >= 15 is 0 Å². The van der Waals surface area contributed by atoms with Gasteiger partial charge in [0, 0.05) is 4.47 Å². The molecule has 12 heavy (non-hydrogen) atoms. The molecule has 0 spiro atoms. The van der Waals surface area contributed by atoms with E-state index in [4.69, 9.17) is 0 Å². The van der Waals surface area contributed by atoms with Gasteiger partial charge in [0.05, 0.1) is 0 Å². The molecule has 64 valence electrons. The Hall–Kier alpha value is -0.560. The summed E-state index contributed by atoms with van der Waals surface area (Å²) in [5, 5.41) is 0. The van der Waals surface area contributed by atoms with Crippen LogP contribution in [0, 0.1) is 20.8 Å². The summed E-state index contributed by atoms with van der Waals surface area (Å²) in [6, 6.07) is 2.17. The van der Waals surface area contributed by atoms with E-state index in [9.17, 15) is 0 Å². The second kappa shape index (κ2) is 3.44. The van der Waals surface area contributed by atoms with Gasteiger partial charge in [0.1, 0.15) is 0 Å². The van der Waals surface area contributed by atoms with Gasteiger partial charge in [-0.15, -0.1) is 0 Å². The van der Waals surface area contributed by atoms with Crippen LogP contribution in [0.5, 0.6) is 0 Å². The van der Waals surface area contributed by atoms with Gasteiger partial charge in [-0.05, 0) is 43.0 Å². The topological polar surface area (TPSA) is 0 Å². The van der Waals surface area contributed by atoms with Gasteiger partial charge >= 0.3 is 0 Å². The van der Waals surface area contributed by atoms with Gasteiger partial charge in [-0.25, -0.2) is 0 Å². The molecular formula is C11H13Br. The molecule has 0 aliphatic heterocycles. The molecule has 0 nitrogen and oxygen atoms in total. The van der Waals surface area contributed by atoms with E-state index in [0.717, 1.165) is 0 Å². The predicted octanol–water partition coefficient (Wildman–Crippen LogP) is 4.02. The molecule has 1 aromatic carbocycles. The monoisotopic (exact) mass is 224 g/mol. The maximum Gasteiger partial charge on any atom is 0.0239 e. The lowest BCUT2D eigenvalue weighted by Gasteiger charge is -2.09. The van der Waals surface area contributed by atoms with Crippen LogP contribution in [0.25, 0.3) is 6.08 Å². The first-order valence-electron chi connectivity index (χ1n) is 3.96. The van der Waals surface area contributed by atoms with E-state index in [1.54, 1.807) is 0 Å². The molecule has 1 aromatic rings. The van der Waals surface area contributed by atoms with Gasteiger partial charge in [0.15, 0.2) is 0 Å². The summed E-state index contributed by atoms with van der Waals surface area (Å²) in [4.78, 5) is 0. The van der Waals surface area contributed by atoms with Gasteiger partial charge in [-0.1, -0.05) is 34.7 Å². The van der Waals surface area contributed by atoms with Crippen LogP contribution in [-0.2, 0) is 0 Å². The Bertz CT molecular complexity index is 324. The molecule has 0 aliphatic rings. The van der Waals surface area contributed by atoms with Gasteiger partial charge in [0.2, 0.25) is 0 Å². The average Bonchev–Trinajstić information content (AvgIpc) is 2.01. The number of rotatable bonds is 1. The smallest absolute Gasteiger partial charge is 0.0239 e. The minimum atomic E-state index is 1.20. The van der Waals surface area contributed by atoms with Crippen molar-refractivity contribution >= 4 is 22.0 Å². The summed E-state index contributed by atoms with van der Waals surface area (Å²) in [5.41, 5.74) is 5.11. The molecule has 0 aliphatic carbocycles. The van der Waals surface area contributed by atoms with Crippen LogP contribution in [0.4, 0.5) is 0 Å². The summed E-state index contributed by atoms with van der Waals surface area (Å²) in [5.74, 6) is 0. The van der Waals surface area contributed by atoms with Crippen molar-refractivity contribution in [2.45, 2.75) is 20.8 Å². The number of hydrogen-bond donors (Lipinski definition) is 0. The standard InChI is InChI=1S/C11H13Br/c1-5-10-7(2)6-8(3)11(12)9(10)4/h5-6H,1H2,2-4H3. The zero-order valence-corrected chi connectivity index (χ0v) is 9.33. The Labute approximate surface area is 82.4 Å². The van der Waals surface area contributed by atoms with E-state index in [1.165, 1.54) is 26.7 Å². The molecule has 0 unspecified atom stereocenters. The molecule has 0 aromatic heterocycles. The zero-order valence-electron chi connectivity index (χ0n) is 7.74. The van der Waals surface area contributed by atoms with Crippen LogP contribution < -0.4 is 0 Å². The lowest BCUT2D eigenvalue weighted by atomic mass is 10.0. The number of aryl methyl sites for hydroxylation is 2. The van der Waals surface area contributed by atoms with Crippen LogP contribution in [0.2, 0.25) is 0 Å². The molecule has 1 rings (SSSR count). The molecule has 0 atom stereocenters. The van der Waals surface area contributed by atoms with Crippen LogP contribution in [0.1, 0.15) is 22.3 Å². The second-order valence-corrected chi connectivity index (χ2v) is 3.86. The van der Waals surface area contributed by atoms with Crippen molar-refractivity contribution in [1.82, 2.24) is 0 Å². The van der Waals surface area contributed by atoms with Gasteiger partial charge in [-0.3, -0.25) is 0 Å². The number of halogens is 1. The van der Waals surface area contributed by atoms with E-state index in [2.05, 4.69) is 49.3 Å². The second-order valence-electron chi connectivity index (χ2n) is 3.07. The first-order chi connectivity index (χ1) is 5.57. The van der Waals surface area contributed by atoms with Crippen LogP contribution in [0.3, 0.4) is 0 Å². The van der Waals surface area contributed by atoms with Gasteiger partial charge < -0.3 is 0 Å². The summed E-state index contributed by atoms with van der Waals surface area (Å²) in [6.07, 6.45) is 1.91. The van der Waals surface area contributed by atoms with Crippen LogP contribution >= 0.6 is 15.9 Å². The number of benzene rings is 1. The van der Waals surface area contributed by atoms with Crippen molar-refractivity contribution in [3.05, 3.63) is 39.4 Å². The summed E-state index contributed by atoms with van der Waals surface area (Å²) in [7, 11) is 0. The van der Waals surface area contributed by atoms with Gasteiger partial charge in [0.25, 0.3) is 0 Å². The van der Waals surface area contributed by atoms with Crippen LogP contribution in [-0.4, -0.2) is 0 Å². The fraction of sp³-hybridized carbons (Fsp3) is 0.273. The van der Waals surface area contributed by atoms with E-state index < -0.39 is 0 Å². The van der Waals surface area contributed by atoms with E-state index in [-0.39, 0.29) is 0 Å². The third-order valence-corrected chi connectivity index (χ3v) is 3.36. The Balaban J connectivity index is 3.51.